The van der Waals surface area contributed by atoms with Gasteiger partial charge in [0.15, 0.2) is 0 Å². The summed E-state index contributed by atoms with van der Waals surface area (Å²) in [6.45, 7) is 2.66. The van der Waals surface area contributed by atoms with E-state index in [2.05, 4.69) is 5.32 Å². The van der Waals surface area contributed by atoms with Gasteiger partial charge in [-0.2, -0.15) is 0 Å². The molecule has 172 valence electrons. The van der Waals surface area contributed by atoms with Crippen LogP contribution in [-0.2, 0) is 23.1 Å². The Labute approximate surface area is 192 Å². The maximum Gasteiger partial charge on any atom is 0.317 e. The maximum atomic E-state index is 13.4. The Balaban J connectivity index is 1.27. The number of nitrogens with zero attached hydrogens (tertiary/aromatic N) is 3. The average molecular weight is 449 g/mol. The van der Waals surface area contributed by atoms with E-state index in [1.807, 2.05) is 72.3 Å². The number of aryl methyl sites for hydroxylation is 1. The predicted molar refractivity (Wildman–Crippen MR) is 124 cm³/mol. The second kappa shape index (κ2) is 8.88. The third kappa shape index (κ3) is 4.31. The molecule has 2 fully saturated rings. The molecule has 0 saturated carbocycles. The van der Waals surface area contributed by atoms with Gasteiger partial charge in [0.05, 0.1) is 26.3 Å². The fraction of sp³-hybridized carbons (Fsp3) is 0.360. The van der Waals surface area contributed by atoms with Crippen molar-refractivity contribution in [3.8, 4) is 0 Å². The molecule has 1 spiro atoms. The minimum atomic E-state index is -1.01. The van der Waals surface area contributed by atoms with Crippen molar-refractivity contribution in [1.82, 2.24) is 19.7 Å². The van der Waals surface area contributed by atoms with E-state index >= 15 is 0 Å². The Morgan fingerprint density at radius 2 is 1.61 bits per heavy atom. The van der Waals surface area contributed by atoms with Crippen LogP contribution in [0.25, 0.3) is 10.9 Å². The molecule has 2 aliphatic rings. The largest absolute Gasteiger partial charge is 0.345 e. The molecule has 0 radical (unpaired) electrons. The Kier molecular flexibility index (Phi) is 5.78. The van der Waals surface area contributed by atoms with Crippen LogP contribution in [0.3, 0.4) is 0 Å². The molecular formula is C25H28N4O4. The van der Waals surface area contributed by atoms with E-state index in [0.717, 1.165) is 16.5 Å². The van der Waals surface area contributed by atoms with Crippen molar-refractivity contribution in [2.45, 2.75) is 12.3 Å². The van der Waals surface area contributed by atoms with Gasteiger partial charge in [-0.1, -0.05) is 48.5 Å². The molecule has 3 amide bonds. The van der Waals surface area contributed by atoms with E-state index in [4.69, 9.17) is 9.47 Å². The van der Waals surface area contributed by atoms with Gasteiger partial charge >= 0.3 is 6.03 Å². The standard InChI is InChI=1S/C25H28N4O4/c1-27-21-10-6-5-9-20(21)15-22(27)23(30)28-11-13-32-25(17-28)18-29(12-14-33-25)24(31)26-16-19-7-3-2-4-8-19/h2-10,15H,11-14,16-18H2,1H3,(H,26,31). The van der Waals surface area contributed by atoms with Crippen LogP contribution in [0.4, 0.5) is 4.79 Å². The van der Waals surface area contributed by atoms with Crippen molar-refractivity contribution in [3.05, 3.63) is 71.9 Å². The summed E-state index contributed by atoms with van der Waals surface area (Å²) in [6.07, 6.45) is 0. The van der Waals surface area contributed by atoms with Crippen molar-refractivity contribution in [2.24, 2.45) is 7.05 Å². The quantitative estimate of drug-likeness (QED) is 0.668. The van der Waals surface area contributed by atoms with Gasteiger partial charge in [0.25, 0.3) is 5.91 Å². The molecule has 8 heteroatoms. The first-order valence-corrected chi connectivity index (χ1v) is 11.2. The van der Waals surface area contributed by atoms with Crippen molar-refractivity contribution >= 4 is 22.8 Å². The van der Waals surface area contributed by atoms with Gasteiger partial charge in [0, 0.05) is 37.6 Å². The fourth-order valence-electron chi connectivity index (χ4n) is 4.59. The molecule has 2 aliphatic heterocycles. The topological polar surface area (TPSA) is 76.0 Å². The molecule has 2 aromatic carbocycles. The molecule has 3 heterocycles. The highest BCUT2D eigenvalue weighted by Gasteiger charge is 2.44. The number of amides is 3. The van der Waals surface area contributed by atoms with E-state index in [9.17, 15) is 9.59 Å². The number of fused-ring (bicyclic) bond motifs is 1. The number of morpholine rings is 2. The summed E-state index contributed by atoms with van der Waals surface area (Å²) in [4.78, 5) is 29.7. The highest BCUT2D eigenvalue weighted by atomic mass is 16.7. The number of carbonyl (C=O) groups is 2. The summed E-state index contributed by atoms with van der Waals surface area (Å²) in [5, 5.41) is 3.99. The van der Waals surface area contributed by atoms with Crippen LogP contribution in [0, 0.1) is 0 Å². The van der Waals surface area contributed by atoms with Crippen LogP contribution in [0.15, 0.2) is 60.7 Å². The first-order chi connectivity index (χ1) is 16.0. The van der Waals surface area contributed by atoms with E-state index in [0.29, 0.717) is 38.5 Å². The lowest BCUT2D eigenvalue weighted by Gasteiger charge is -2.47. The van der Waals surface area contributed by atoms with Crippen molar-refractivity contribution in [1.29, 1.82) is 0 Å². The first-order valence-electron chi connectivity index (χ1n) is 11.2. The second-order valence-electron chi connectivity index (χ2n) is 8.55. The number of ether oxygens (including phenoxy) is 2. The Morgan fingerprint density at radius 3 is 2.36 bits per heavy atom. The molecule has 33 heavy (non-hydrogen) atoms. The van der Waals surface area contributed by atoms with Crippen molar-refractivity contribution in [2.75, 3.05) is 39.4 Å². The summed E-state index contributed by atoms with van der Waals surface area (Å²) < 4.78 is 13.9. The summed E-state index contributed by atoms with van der Waals surface area (Å²) >= 11 is 0. The van der Waals surface area contributed by atoms with Crippen LogP contribution >= 0.6 is 0 Å². The van der Waals surface area contributed by atoms with Crippen LogP contribution in [0.2, 0.25) is 0 Å². The number of carbonyl (C=O) groups excluding carboxylic acids is 2. The maximum absolute atomic E-state index is 13.4. The predicted octanol–water partition coefficient (Wildman–Crippen LogP) is 2.59. The van der Waals surface area contributed by atoms with E-state index in [1.54, 1.807) is 9.80 Å². The number of urea groups is 1. The van der Waals surface area contributed by atoms with Crippen LogP contribution in [0.1, 0.15) is 16.1 Å². The molecule has 1 N–H and O–H groups in total. The number of rotatable bonds is 3. The summed E-state index contributed by atoms with van der Waals surface area (Å²) in [7, 11) is 1.90. The SMILES string of the molecule is Cn1c(C(=O)N2CCOC3(CN(C(=O)NCc4ccccc4)CCO3)C2)cc2ccccc21. The molecule has 2 saturated heterocycles. The minimum absolute atomic E-state index is 0.0642. The highest BCUT2D eigenvalue weighted by molar-refractivity contribution is 5.98. The zero-order valence-electron chi connectivity index (χ0n) is 18.7. The summed E-state index contributed by atoms with van der Waals surface area (Å²) in [6, 6.07) is 19.5. The van der Waals surface area contributed by atoms with Crippen LogP contribution in [-0.4, -0.2) is 71.5 Å². The van der Waals surface area contributed by atoms with Gasteiger partial charge in [-0.3, -0.25) is 4.79 Å². The number of hydrogen-bond donors (Lipinski definition) is 1. The van der Waals surface area contributed by atoms with E-state index in [-0.39, 0.29) is 25.0 Å². The Bertz CT molecular complexity index is 1160. The van der Waals surface area contributed by atoms with Crippen molar-refractivity contribution < 1.29 is 19.1 Å². The normalized spacial score (nSPS) is 20.9. The average Bonchev–Trinajstić information content (AvgIpc) is 3.19. The van der Waals surface area contributed by atoms with Gasteiger partial charge in [-0.05, 0) is 17.7 Å². The zero-order valence-corrected chi connectivity index (χ0v) is 18.7. The van der Waals surface area contributed by atoms with Crippen molar-refractivity contribution in [3.63, 3.8) is 0 Å². The smallest absolute Gasteiger partial charge is 0.317 e. The second-order valence-corrected chi connectivity index (χ2v) is 8.55. The summed E-state index contributed by atoms with van der Waals surface area (Å²) in [5.41, 5.74) is 2.68. The molecular weight excluding hydrogens is 420 g/mol. The molecule has 0 aliphatic carbocycles. The monoisotopic (exact) mass is 448 g/mol. The van der Waals surface area contributed by atoms with Gasteiger partial charge in [0.2, 0.25) is 5.79 Å². The summed E-state index contributed by atoms with van der Waals surface area (Å²) in [5.74, 6) is -1.08. The lowest BCUT2D eigenvalue weighted by molar-refractivity contribution is -0.281. The van der Waals surface area contributed by atoms with Gasteiger partial charge in [0.1, 0.15) is 5.69 Å². The molecule has 1 aromatic heterocycles. The number of nitrogens with one attached hydrogen (secondary N) is 1. The van der Waals surface area contributed by atoms with Crippen LogP contribution in [0.5, 0.6) is 0 Å². The van der Waals surface area contributed by atoms with E-state index < -0.39 is 5.79 Å². The first kappa shape index (κ1) is 21.5. The number of benzene rings is 2. The lowest BCUT2D eigenvalue weighted by atomic mass is 10.1. The van der Waals surface area contributed by atoms with Gasteiger partial charge in [-0.15, -0.1) is 0 Å². The molecule has 1 unspecified atom stereocenters. The third-order valence-corrected chi connectivity index (χ3v) is 6.35. The minimum Gasteiger partial charge on any atom is -0.345 e. The zero-order chi connectivity index (χ0) is 22.8. The molecule has 3 aromatic rings. The number of aromatic nitrogens is 1. The van der Waals surface area contributed by atoms with Gasteiger partial charge < -0.3 is 29.2 Å². The molecule has 1 atom stereocenters. The number of para-hydroxylation sites is 1. The lowest BCUT2D eigenvalue weighted by Crippen LogP contribution is -2.64. The van der Waals surface area contributed by atoms with Crippen LogP contribution < -0.4 is 5.32 Å². The Hall–Kier alpha value is -3.36. The van der Waals surface area contributed by atoms with Gasteiger partial charge in [-0.25, -0.2) is 4.79 Å². The molecule has 0 bridgehead atoms. The Morgan fingerprint density at radius 1 is 0.939 bits per heavy atom. The molecule has 8 nitrogen and oxygen atoms in total. The molecule has 5 rings (SSSR count). The fourth-order valence-corrected chi connectivity index (χ4v) is 4.59. The third-order valence-electron chi connectivity index (χ3n) is 6.35. The number of hydrogen-bond acceptors (Lipinski definition) is 4. The highest BCUT2D eigenvalue weighted by Crippen LogP contribution is 2.27. The van der Waals surface area contributed by atoms with E-state index in [1.165, 1.54) is 0 Å².